The minimum Gasteiger partial charge on any atom is -0.481 e. The molecular formula is C30H35F6N3O4. The van der Waals surface area contributed by atoms with Crippen molar-refractivity contribution in [3.8, 4) is 0 Å². The number of alkyl halides is 6. The fraction of sp³-hybridized carbons (Fsp3) is 0.633. The van der Waals surface area contributed by atoms with Gasteiger partial charge in [-0.2, -0.15) is 31.4 Å². The molecule has 13 heteroatoms. The lowest BCUT2D eigenvalue weighted by atomic mass is 9.74. The molecule has 0 spiro atoms. The zero-order valence-corrected chi connectivity index (χ0v) is 24.0. The monoisotopic (exact) mass is 615 g/mol. The van der Waals surface area contributed by atoms with Crippen LogP contribution in [0.1, 0.15) is 98.6 Å². The van der Waals surface area contributed by atoms with Gasteiger partial charge in [0, 0.05) is 6.04 Å². The van der Waals surface area contributed by atoms with Crippen LogP contribution in [0.5, 0.6) is 0 Å². The van der Waals surface area contributed by atoms with Crippen molar-refractivity contribution in [2.45, 2.75) is 89.8 Å². The van der Waals surface area contributed by atoms with Gasteiger partial charge in [0.15, 0.2) is 5.69 Å². The van der Waals surface area contributed by atoms with E-state index in [0.717, 1.165) is 27.9 Å². The highest BCUT2D eigenvalue weighted by Crippen LogP contribution is 2.67. The van der Waals surface area contributed by atoms with E-state index in [0.29, 0.717) is 12.8 Å². The number of fused-ring (bicyclic) bond motifs is 1. The first kappa shape index (κ1) is 31.3. The number of benzene rings is 1. The van der Waals surface area contributed by atoms with Crippen LogP contribution in [-0.2, 0) is 17.1 Å². The number of hydrogen-bond acceptors (Lipinski definition) is 4. The number of rotatable bonds is 7. The van der Waals surface area contributed by atoms with Crippen molar-refractivity contribution < 1.29 is 46.1 Å². The minimum atomic E-state index is -5.00. The summed E-state index contributed by atoms with van der Waals surface area (Å²) in [4.78, 5) is 26.7. The van der Waals surface area contributed by atoms with Crippen molar-refractivity contribution in [2.75, 3.05) is 6.54 Å². The van der Waals surface area contributed by atoms with E-state index in [2.05, 4.69) is 18.9 Å². The molecule has 3 aliphatic carbocycles. The molecule has 3 aliphatic rings. The SMILES string of the molecule is CC1(C(=O)O)CCC(n2ncc(C(=O)N(C[C@@H](O)c3ccccc3C(F)(F)F)C3C[C@@H]4[C@H](C3)C4(C)C)c2C(F)(F)F)CC1. The Bertz CT molecular complexity index is 1380. The number of hydrogen-bond donors (Lipinski definition) is 2. The van der Waals surface area contributed by atoms with Crippen molar-refractivity contribution in [2.24, 2.45) is 22.7 Å². The summed E-state index contributed by atoms with van der Waals surface area (Å²) in [5, 5.41) is 24.5. The van der Waals surface area contributed by atoms with E-state index in [4.69, 9.17) is 0 Å². The second kappa shape index (κ2) is 10.5. The number of aliphatic hydroxyl groups is 1. The van der Waals surface area contributed by atoms with Crippen LogP contribution in [-0.4, -0.2) is 49.4 Å². The number of carbonyl (C=O) groups excluding carboxylic acids is 1. The summed E-state index contributed by atoms with van der Waals surface area (Å²) in [5.74, 6) is -1.67. The molecule has 1 heterocycles. The van der Waals surface area contributed by atoms with Crippen LogP contribution in [0.15, 0.2) is 30.5 Å². The molecule has 4 atom stereocenters. The van der Waals surface area contributed by atoms with Crippen molar-refractivity contribution in [1.29, 1.82) is 0 Å². The minimum absolute atomic E-state index is 0.000164. The molecule has 0 radical (unpaired) electrons. The molecule has 0 saturated heterocycles. The average molecular weight is 616 g/mol. The predicted octanol–water partition coefficient (Wildman–Crippen LogP) is 6.74. The van der Waals surface area contributed by atoms with Crippen molar-refractivity contribution in [3.63, 3.8) is 0 Å². The second-order valence-electron chi connectivity index (χ2n) is 13.2. The van der Waals surface area contributed by atoms with E-state index in [1.165, 1.54) is 12.1 Å². The lowest BCUT2D eigenvalue weighted by Gasteiger charge is -2.35. The molecular weight excluding hydrogens is 580 g/mol. The number of aromatic nitrogens is 2. The molecule has 5 rings (SSSR count). The third-order valence-electron chi connectivity index (χ3n) is 10.3. The molecule has 2 aromatic rings. The Labute approximate surface area is 244 Å². The number of carboxylic acid groups (broad SMARTS) is 1. The third-order valence-corrected chi connectivity index (χ3v) is 10.3. The highest BCUT2D eigenvalue weighted by Gasteiger charge is 2.63. The molecule has 3 fully saturated rings. The van der Waals surface area contributed by atoms with Gasteiger partial charge in [-0.05, 0) is 74.3 Å². The van der Waals surface area contributed by atoms with Gasteiger partial charge in [-0.1, -0.05) is 32.0 Å². The van der Waals surface area contributed by atoms with Crippen LogP contribution >= 0.6 is 0 Å². The van der Waals surface area contributed by atoms with Crippen molar-refractivity contribution in [3.05, 3.63) is 52.8 Å². The largest absolute Gasteiger partial charge is 0.481 e. The van der Waals surface area contributed by atoms with Gasteiger partial charge in [-0.15, -0.1) is 0 Å². The summed E-state index contributed by atoms with van der Waals surface area (Å²) in [5.41, 5.74) is -4.64. The first-order valence-electron chi connectivity index (χ1n) is 14.4. The highest BCUT2D eigenvalue weighted by atomic mass is 19.4. The number of aliphatic hydroxyl groups excluding tert-OH is 1. The van der Waals surface area contributed by atoms with Crippen LogP contribution in [0.3, 0.4) is 0 Å². The number of carbonyl (C=O) groups is 2. The zero-order valence-electron chi connectivity index (χ0n) is 24.0. The van der Waals surface area contributed by atoms with Gasteiger partial charge in [0.2, 0.25) is 0 Å². The maximum atomic E-state index is 14.6. The maximum Gasteiger partial charge on any atom is 0.433 e. The maximum absolute atomic E-state index is 14.6. The van der Waals surface area contributed by atoms with Gasteiger partial charge in [0.1, 0.15) is 0 Å². The van der Waals surface area contributed by atoms with Crippen molar-refractivity contribution >= 4 is 11.9 Å². The Hall–Kier alpha value is -3.09. The highest BCUT2D eigenvalue weighted by molar-refractivity contribution is 5.95. The van der Waals surface area contributed by atoms with E-state index in [-0.39, 0.29) is 42.9 Å². The first-order chi connectivity index (χ1) is 19.9. The third kappa shape index (κ3) is 5.64. The van der Waals surface area contributed by atoms with E-state index in [9.17, 15) is 46.1 Å². The van der Waals surface area contributed by atoms with Gasteiger partial charge >= 0.3 is 18.3 Å². The van der Waals surface area contributed by atoms with Gasteiger partial charge in [-0.25, -0.2) is 0 Å². The van der Waals surface area contributed by atoms with Crippen LogP contribution in [0, 0.1) is 22.7 Å². The van der Waals surface area contributed by atoms with Crippen LogP contribution in [0.2, 0.25) is 0 Å². The summed E-state index contributed by atoms with van der Waals surface area (Å²) in [6.07, 6.45) is -9.35. The Balaban J connectivity index is 1.48. The zero-order chi connectivity index (χ0) is 31.7. The number of aliphatic carboxylic acids is 1. The second-order valence-corrected chi connectivity index (χ2v) is 13.2. The molecule has 3 saturated carbocycles. The Morgan fingerprint density at radius 3 is 2.14 bits per heavy atom. The summed E-state index contributed by atoms with van der Waals surface area (Å²) >= 11 is 0. The standard InChI is InChI=1S/C30H35F6N3O4/c1-27(2)21-12-17(13-22(21)27)38(15-23(40)18-6-4-5-7-20(18)29(31,32)33)25(41)19-14-37-39(24(19)30(34,35)36)16-8-10-28(3,11-9-16)26(42)43/h4-7,14,16-17,21-23,40H,8-13,15H2,1-3H3,(H,42,43)/t16?,17?,21-,22+,23-,28?/m1/s1. The topological polar surface area (TPSA) is 95.7 Å². The van der Waals surface area contributed by atoms with Crippen molar-refractivity contribution in [1.82, 2.24) is 14.7 Å². The fourth-order valence-corrected chi connectivity index (χ4v) is 7.39. The number of nitrogens with zero attached hydrogens (tertiary/aromatic N) is 3. The number of halogens is 6. The molecule has 1 unspecified atom stereocenters. The fourth-order valence-electron chi connectivity index (χ4n) is 7.39. The molecule has 7 nitrogen and oxygen atoms in total. The van der Waals surface area contributed by atoms with E-state index < -0.39 is 76.8 Å². The molecule has 0 aliphatic heterocycles. The molecule has 0 bridgehead atoms. The average Bonchev–Trinajstić information content (AvgIpc) is 3.35. The van der Waals surface area contributed by atoms with E-state index >= 15 is 0 Å². The Kier molecular flexibility index (Phi) is 7.67. The molecule has 236 valence electrons. The molecule has 43 heavy (non-hydrogen) atoms. The van der Waals surface area contributed by atoms with Gasteiger partial charge in [0.25, 0.3) is 5.91 Å². The van der Waals surface area contributed by atoms with Gasteiger partial charge in [0.05, 0.1) is 41.4 Å². The number of carboxylic acids is 1. The lowest BCUT2D eigenvalue weighted by molar-refractivity contribution is -0.152. The van der Waals surface area contributed by atoms with Gasteiger partial charge in [-0.3, -0.25) is 14.3 Å². The Morgan fingerprint density at radius 1 is 1.02 bits per heavy atom. The summed E-state index contributed by atoms with van der Waals surface area (Å²) in [6, 6.07) is 3.03. The van der Waals surface area contributed by atoms with E-state index in [1.807, 2.05) is 0 Å². The predicted molar refractivity (Wildman–Crippen MR) is 142 cm³/mol. The summed E-state index contributed by atoms with van der Waals surface area (Å²) < 4.78 is 85.6. The van der Waals surface area contributed by atoms with Crippen LogP contribution in [0.4, 0.5) is 26.3 Å². The lowest BCUT2D eigenvalue weighted by Crippen LogP contribution is -2.43. The quantitative estimate of drug-likeness (QED) is 0.337. The first-order valence-corrected chi connectivity index (χ1v) is 14.4. The number of amides is 1. The molecule has 1 aromatic carbocycles. The normalized spacial score (nSPS) is 29.2. The van der Waals surface area contributed by atoms with Crippen LogP contribution in [0.25, 0.3) is 0 Å². The summed E-state index contributed by atoms with van der Waals surface area (Å²) in [6.45, 7) is 5.04. The van der Waals surface area contributed by atoms with Gasteiger partial charge < -0.3 is 15.1 Å². The molecule has 1 amide bonds. The smallest absolute Gasteiger partial charge is 0.433 e. The van der Waals surface area contributed by atoms with Crippen LogP contribution < -0.4 is 0 Å². The summed E-state index contributed by atoms with van der Waals surface area (Å²) in [7, 11) is 0. The Morgan fingerprint density at radius 2 is 1.60 bits per heavy atom. The molecule has 1 aromatic heterocycles. The van der Waals surface area contributed by atoms with E-state index in [1.54, 1.807) is 6.92 Å². The molecule has 2 N–H and O–H groups in total.